The number of unbranched alkanes of at least 4 members (excludes halogenated alkanes) is 6. The first kappa shape index (κ1) is 22.4. The Kier molecular flexibility index (Phi) is 9.00. The highest BCUT2D eigenvalue weighted by molar-refractivity contribution is 7.91. The summed E-state index contributed by atoms with van der Waals surface area (Å²) in [6.45, 7) is 1.83. The van der Waals surface area contributed by atoms with Crippen molar-refractivity contribution >= 4 is 9.84 Å². The van der Waals surface area contributed by atoms with Gasteiger partial charge in [0.05, 0.1) is 11.0 Å². The van der Waals surface area contributed by atoms with Gasteiger partial charge in [0.1, 0.15) is 10.6 Å². The molecule has 0 aromatic heterocycles. The van der Waals surface area contributed by atoms with Crippen LogP contribution in [0.4, 0.5) is 0 Å². The molecule has 2 N–H and O–H groups in total. The van der Waals surface area contributed by atoms with Crippen LogP contribution in [0.25, 0.3) is 0 Å². The van der Waals surface area contributed by atoms with E-state index in [1.807, 2.05) is 6.92 Å². The minimum atomic E-state index is -3.71. The molecule has 2 rings (SSSR count). The number of aliphatic hydroxyl groups is 1. The van der Waals surface area contributed by atoms with Crippen molar-refractivity contribution in [2.75, 3.05) is 0 Å². The summed E-state index contributed by atoms with van der Waals surface area (Å²) in [5, 5.41) is 19.8. The zero-order chi connectivity index (χ0) is 20.4. The van der Waals surface area contributed by atoms with Gasteiger partial charge < -0.3 is 10.2 Å². The molecule has 4 nitrogen and oxygen atoms in total. The molecule has 0 saturated heterocycles. The van der Waals surface area contributed by atoms with Gasteiger partial charge in [0.15, 0.2) is 0 Å². The maximum absolute atomic E-state index is 12.8. The lowest BCUT2D eigenvalue weighted by Gasteiger charge is -2.11. The van der Waals surface area contributed by atoms with Crippen LogP contribution in [0.3, 0.4) is 0 Å². The zero-order valence-corrected chi connectivity index (χ0v) is 17.5. The predicted octanol–water partition coefficient (Wildman–Crippen LogP) is 5.27. The van der Waals surface area contributed by atoms with Gasteiger partial charge in [-0.3, -0.25) is 0 Å². The predicted molar refractivity (Wildman–Crippen MR) is 112 cm³/mol. The highest BCUT2D eigenvalue weighted by Crippen LogP contribution is 2.32. The molecule has 1 unspecified atom stereocenters. The molecule has 0 fully saturated rings. The molecule has 1 atom stereocenters. The lowest BCUT2D eigenvalue weighted by atomic mass is 10.0. The number of hydrogen-bond donors (Lipinski definition) is 2. The first-order valence-electron chi connectivity index (χ1n) is 10.2. The number of phenolic OH excluding ortho intramolecular Hbond substituents is 1. The normalized spacial score (nSPS) is 12.8. The second kappa shape index (κ2) is 11.2. The number of phenols is 1. The molecule has 0 aliphatic heterocycles. The summed E-state index contributed by atoms with van der Waals surface area (Å²) >= 11 is 0. The van der Waals surface area contributed by atoms with Crippen molar-refractivity contribution in [1.29, 1.82) is 0 Å². The van der Waals surface area contributed by atoms with Crippen LogP contribution in [0.15, 0.2) is 58.3 Å². The molecule has 0 bridgehead atoms. The number of benzene rings is 2. The van der Waals surface area contributed by atoms with E-state index in [0.717, 1.165) is 38.5 Å². The topological polar surface area (TPSA) is 74.6 Å². The molecule has 0 spiro atoms. The number of hydrogen-bond acceptors (Lipinski definition) is 4. The van der Waals surface area contributed by atoms with Gasteiger partial charge in [-0.05, 0) is 49.9 Å². The first-order chi connectivity index (χ1) is 13.4. The Morgan fingerprint density at radius 3 is 2.07 bits per heavy atom. The molecular weight excluding hydrogens is 372 g/mol. The second-order valence-electron chi connectivity index (χ2n) is 7.44. The summed E-state index contributed by atoms with van der Waals surface area (Å²) in [7, 11) is -3.71. The minimum absolute atomic E-state index is 0.0192. The van der Waals surface area contributed by atoms with Crippen LogP contribution in [0, 0.1) is 0 Å². The van der Waals surface area contributed by atoms with Crippen molar-refractivity contribution in [3.05, 3.63) is 54.1 Å². The number of para-hydroxylation sites is 1. The molecule has 28 heavy (non-hydrogen) atoms. The number of aromatic hydroxyl groups is 1. The second-order valence-corrected chi connectivity index (χ2v) is 9.36. The molecule has 0 heterocycles. The summed E-state index contributed by atoms with van der Waals surface area (Å²) in [6.07, 6.45) is 9.07. The van der Waals surface area contributed by atoms with E-state index in [1.54, 1.807) is 42.5 Å². The molecule has 5 heteroatoms. The van der Waals surface area contributed by atoms with E-state index in [1.165, 1.54) is 18.9 Å². The monoisotopic (exact) mass is 404 g/mol. The lowest BCUT2D eigenvalue weighted by Crippen LogP contribution is -2.03. The highest BCUT2D eigenvalue weighted by Gasteiger charge is 2.22. The molecule has 154 valence electrons. The molecule has 2 aromatic carbocycles. The maximum Gasteiger partial charge on any atom is 0.210 e. The van der Waals surface area contributed by atoms with Gasteiger partial charge in [-0.15, -0.1) is 0 Å². The smallest absolute Gasteiger partial charge is 0.210 e. The Bertz CT molecular complexity index is 814. The summed E-state index contributed by atoms with van der Waals surface area (Å²) in [6, 6.07) is 13.2. The summed E-state index contributed by atoms with van der Waals surface area (Å²) in [5.41, 5.74) is 0.689. The molecule has 2 aromatic rings. The van der Waals surface area contributed by atoms with E-state index in [9.17, 15) is 18.6 Å². The Morgan fingerprint density at radius 2 is 1.43 bits per heavy atom. The van der Waals surface area contributed by atoms with Gasteiger partial charge in [-0.1, -0.05) is 68.9 Å². The highest BCUT2D eigenvalue weighted by atomic mass is 32.2. The SMILES string of the molecule is CC(O)CCCCCCCCCc1cccc(S(=O)(=O)c2ccccc2)c1O. The summed E-state index contributed by atoms with van der Waals surface area (Å²) in [5.74, 6) is -0.121. The van der Waals surface area contributed by atoms with Crippen LogP contribution in [0.5, 0.6) is 5.75 Å². The van der Waals surface area contributed by atoms with Crippen LogP contribution in [-0.2, 0) is 16.3 Å². The van der Waals surface area contributed by atoms with Crippen molar-refractivity contribution < 1.29 is 18.6 Å². The first-order valence-corrected chi connectivity index (χ1v) is 11.7. The molecule has 0 saturated carbocycles. The van der Waals surface area contributed by atoms with Crippen LogP contribution in [-0.4, -0.2) is 24.7 Å². The van der Waals surface area contributed by atoms with E-state index >= 15 is 0 Å². The fourth-order valence-electron chi connectivity index (χ4n) is 3.35. The molecule has 0 amide bonds. The Labute approximate surface area is 169 Å². The average Bonchev–Trinajstić information content (AvgIpc) is 2.68. The summed E-state index contributed by atoms with van der Waals surface area (Å²) < 4.78 is 25.5. The molecular formula is C23H32O4S. The average molecular weight is 405 g/mol. The fraction of sp³-hybridized carbons (Fsp3) is 0.478. The van der Waals surface area contributed by atoms with Crippen molar-refractivity contribution in [3.63, 3.8) is 0 Å². The Morgan fingerprint density at radius 1 is 0.821 bits per heavy atom. The number of rotatable bonds is 12. The van der Waals surface area contributed by atoms with Gasteiger partial charge in [0, 0.05) is 0 Å². The van der Waals surface area contributed by atoms with Crippen LogP contribution in [0.2, 0.25) is 0 Å². The maximum atomic E-state index is 12.8. The van der Waals surface area contributed by atoms with Crippen molar-refractivity contribution in [2.24, 2.45) is 0 Å². The van der Waals surface area contributed by atoms with Crippen LogP contribution >= 0.6 is 0 Å². The van der Waals surface area contributed by atoms with E-state index < -0.39 is 9.84 Å². The van der Waals surface area contributed by atoms with Crippen LogP contribution in [0.1, 0.15) is 63.9 Å². The third-order valence-electron chi connectivity index (χ3n) is 4.99. The minimum Gasteiger partial charge on any atom is -0.506 e. The Hall–Kier alpha value is -1.85. The Balaban J connectivity index is 1.83. The standard InChI is InChI=1S/C23H32O4S/c1-19(24)13-8-5-3-2-4-6-9-14-20-15-12-18-22(23(20)25)28(26,27)21-16-10-7-11-17-21/h7,10-12,15-19,24-25H,2-6,8-9,13-14H2,1H3. The van der Waals surface area contributed by atoms with Gasteiger partial charge in [0.25, 0.3) is 0 Å². The molecule has 0 aliphatic rings. The van der Waals surface area contributed by atoms with Gasteiger partial charge in [0.2, 0.25) is 9.84 Å². The third-order valence-corrected chi connectivity index (χ3v) is 6.79. The van der Waals surface area contributed by atoms with Gasteiger partial charge in [-0.2, -0.15) is 0 Å². The quantitative estimate of drug-likeness (QED) is 0.473. The van der Waals surface area contributed by atoms with E-state index in [4.69, 9.17) is 0 Å². The lowest BCUT2D eigenvalue weighted by molar-refractivity contribution is 0.180. The third kappa shape index (κ3) is 6.64. The molecule has 0 radical (unpaired) electrons. The fourth-order valence-corrected chi connectivity index (χ4v) is 4.76. The van der Waals surface area contributed by atoms with Crippen molar-refractivity contribution in [2.45, 2.75) is 80.6 Å². The van der Waals surface area contributed by atoms with Crippen LogP contribution < -0.4 is 0 Å². The van der Waals surface area contributed by atoms with Gasteiger partial charge in [-0.25, -0.2) is 8.42 Å². The summed E-state index contributed by atoms with van der Waals surface area (Å²) in [4.78, 5) is 0.173. The number of aryl methyl sites for hydroxylation is 1. The van der Waals surface area contributed by atoms with E-state index in [0.29, 0.717) is 12.0 Å². The zero-order valence-electron chi connectivity index (χ0n) is 16.7. The van der Waals surface area contributed by atoms with Crippen molar-refractivity contribution in [1.82, 2.24) is 0 Å². The van der Waals surface area contributed by atoms with Gasteiger partial charge >= 0.3 is 0 Å². The number of sulfone groups is 1. The van der Waals surface area contributed by atoms with E-state index in [-0.39, 0.29) is 21.6 Å². The largest absolute Gasteiger partial charge is 0.506 e. The number of aliphatic hydroxyl groups excluding tert-OH is 1. The van der Waals surface area contributed by atoms with Crippen molar-refractivity contribution in [3.8, 4) is 5.75 Å². The van der Waals surface area contributed by atoms with E-state index in [2.05, 4.69) is 0 Å². The molecule has 0 aliphatic carbocycles.